The highest BCUT2D eigenvalue weighted by Gasteiger charge is 2.25. The first-order chi connectivity index (χ1) is 14.1. The predicted octanol–water partition coefficient (Wildman–Crippen LogP) is -2.71. The topological polar surface area (TPSA) is 223 Å². The van der Waals surface area contributed by atoms with Gasteiger partial charge in [0, 0.05) is 25.9 Å². The third kappa shape index (κ3) is 12.9. The molecule has 2 unspecified atom stereocenters. The van der Waals surface area contributed by atoms with Gasteiger partial charge in [0.25, 0.3) is 0 Å². The van der Waals surface area contributed by atoms with Crippen molar-refractivity contribution in [1.82, 2.24) is 26.6 Å². The quantitative estimate of drug-likeness (QED) is 0.125. The van der Waals surface area contributed by atoms with Crippen LogP contribution in [0.3, 0.4) is 0 Å². The van der Waals surface area contributed by atoms with Gasteiger partial charge in [-0.25, -0.2) is 14.4 Å². The number of likely N-dealkylation sites (N-methyl/N-ethyl adjacent to an activating group) is 1. The van der Waals surface area contributed by atoms with E-state index < -0.39 is 60.7 Å². The van der Waals surface area contributed by atoms with Crippen LogP contribution >= 0.6 is 0 Å². The summed E-state index contributed by atoms with van der Waals surface area (Å²) < 4.78 is 0. The maximum atomic E-state index is 11.8. The Labute approximate surface area is 171 Å². The van der Waals surface area contributed by atoms with Crippen LogP contribution in [0.1, 0.15) is 25.7 Å². The van der Waals surface area contributed by atoms with E-state index in [9.17, 15) is 28.8 Å². The standard InChI is InChI=1S/C16H27N5O9/c1-17-6-7-18-12(23)8-19-11(22)4-2-9(14(26)27)20-16(30)21-10(15(28)29)3-5-13(24)25/h9-10,17H,2-8H2,1H3,(H,18,23)(H,19,22)(H,24,25)(H,26,27)(H,28,29)(H2,20,21,30). The third-order valence-electron chi connectivity index (χ3n) is 3.66. The van der Waals surface area contributed by atoms with Crippen molar-refractivity contribution in [1.29, 1.82) is 0 Å². The molecule has 170 valence electrons. The van der Waals surface area contributed by atoms with Crippen molar-refractivity contribution in [3.05, 3.63) is 0 Å². The number of rotatable bonds is 15. The van der Waals surface area contributed by atoms with E-state index in [0.29, 0.717) is 13.1 Å². The number of carboxylic acid groups (broad SMARTS) is 3. The molecule has 0 radical (unpaired) electrons. The van der Waals surface area contributed by atoms with Gasteiger partial charge in [-0.2, -0.15) is 0 Å². The van der Waals surface area contributed by atoms with E-state index >= 15 is 0 Å². The first kappa shape index (κ1) is 26.6. The average molecular weight is 433 g/mol. The zero-order valence-electron chi connectivity index (χ0n) is 16.4. The molecule has 0 spiro atoms. The minimum absolute atomic E-state index is 0.294. The summed E-state index contributed by atoms with van der Waals surface area (Å²) in [4.78, 5) is 67.9. The number of carbonyl (C=O) groups excluding carboxylic acids is 3. The van der Waals surface area contributed by atoms with Crippen molar-refractivity contribution in [2.45, 2.75) is 37.8 Å². The summed E-state index contributed by atoms with van der Waals surface area (Å²) in [6.45, 7) is 0.625. The van der Waals surface area contributed by atoms with Crippen LogP contribution in [0.15, 0.2) is 0 Å². The van der Waals surface area contributed by atoms with E-state index in [-0.39, 0.29) is 19.4 Å². The number of amides is 4. The molecule has 0 aliphatic carbocycles. The van der Waals surface area contributed by atoms with Crippen LogP contribution in [-0.2, 0) is 24.0 Å². The number of nitrogens with one attached hydrogen (secondary N) is 5. The van der Waals surface area contributed by atoms with E-state index in [4.69, 9.17) is 15.3 Å². The average Bonchev–Trinajstić information content (AvgIpc) is 2.66. The molecule has 0 aromatic rings. The first-order valence-electron chi connectivity index (χ1n) is 8.99. The van der Waals surface area contributed by atoms with Crippen molar-refractivity contribution >= 4 is 35.8 Å². The van der Waals surface area contributed by atoms with Gasteiger partial charge >= 0.3 is 23.9 Å². The number of carboxylic acids is 3. The van der Waals surface area contributed by atoms with Crippen LogP contribution < -0.4 is 26.6 Å². The van der Waals surface area contributed by atoms with E-state index in [1.165, 1.54) is 0 Å². The van der Waals surface area contributed by atoms with Crippen LogP contribution in [-0.4, -0.2) is 89.8 Å². The lowest BCUT2D eigenvalue weighted by Crippen LogP contribution is -2.51. The summed E-state index contributed by atoms with van der Waals surface area (Å²) in [6, 6.07) is -4.17. The molecule has 8 N–H and O–H groups in total. The lowest BCUT2D eigenvalue weighted by Gasteiger charge is -2.18. The first-order valence-corrected chi connectivity index (χ1v) is 8.99. The van der Waals surface area contributed by atoms with Crippen LogP contribution in [0.25, 0.3) is 0 Å². The van der Waals surface area contributed by atoms with Crippen molar-refractivity contribution in [3.63, 3.8) is 0 Å². The van der Waals surface area contributed by atoms with Crippen molar-refractivity contribution in [3.8, 4) is 0 Å². The molecule has 0 bridgehead atoms. The summed E-state index contributed by atoms with van der Waals surface area (Å²) in [5.74, 6) is -5.23. The van der Waals surface area contributed by atoms with Gasteiger partial charge in [-0.1, -0.05) is 0 Å². The monoisotopic (exact) mass is 433 g/mol. The number of urea groups is 1. The van der Waals surface area contributed by atoms with Gasteiger partial charge in [-0.05, 0) is 19.9 Å². The van der Waals surface area contributed by atoms with Gasteiger partial charge in [0.15, 0.2) is 0 Å². The molecule has 0 aliphatic heterocycles. The number of hydrogen-bond donors (Lipinski definition) is 8. The highest BCUT2D eigenvalue weighted by Crippen LogP contribution is 2.01. The highest BCUT2D eigenvalue weighted by atomic mass is 16.4. The second-order valence-corrected chi connectivity index (χ2v) is 6.10. The smallest absolute Gasteiger partial charge is 0.326 e. The molecule has 0 aromatic heterocycles. The second-order valence-electron chi connectivity index (χ2n) is 6.10. The fourth-order valence-corrected chi connectivity index (χ4v) is 2.07. The Balaban J connectivity index is 4.48. The minimum atomic E-state index is -1.53. The van der Waals surface area contributed by atoms with E-state index in [2.05, 4.69) is 16.0 Å². The molecular formula is C16H27N5O9. The Morgan fingerprint density at radius 1 is 0.733 bits per heavy atom. The van der Waals surface area contributed by atoms with Gasteiger partial charge in [0.1, 0.15) is 12.1 Å². The molecule has 14 nitrogen and oxygen atoms in total. The predicted molar refractivity (Wildman–Crippen MR) is 101 cm³/mol. The van der Waals surface area contributed by atoms with Gasteiger partial charge in [0.05, 0.1) is 6.54 Å². The van der Waals surface area contributed by atoms with Gasteiger partial charge in [-0.15, -0.1) is 0 Å². The SMILES string of the molecule is CNCCNC(=O)CNC(=O)CCC(NC(=O)NC(CCC(=O)O)C(=O)O)C(=O)O. The van der Waals surface area contributed by atoms with Crippen LogP contribution in [0, 0.1) is 0 Å². The Morgan fingerprint density at radius 3 is 1.73 bits per heavy atom. The van der Waals surface area contributed by atoms with E-state index in [1.54, 1.807) is 7.05 Å². The van der Waals surface area contributed by atoms with Crippen LogP contribution in [0.2, 0.25) is 0 Å². The molecule has 0 rings (SSSR count). The van der Waals surface area contributed by atoms with Crippen molar-refractivity contribution < 1.29 is 44.1 Å². The second kappa shape index (κ2) is 14.6. The number of aliphatic carboxylic acids is 3. The summed E-state index contributed by atoms with van der Waals surface area (Å²) in [6.07, 6.45) is -1.54. The molecule has 0 heterocycles. The summed E-state index contributed by atoms with van der Waals surface area (Å²) in [7, 11) is 1.71. The number of hydrogen-bond acceptors (Lipinski definition) is 7. The van der Waals surface area contributed by atoms with Crippen molar-refractivity contribution in [2.24, 2.45) is 0 Å². The lowest BCUT2D eigenvalue weighted by atomic mass is 10.1. The van der Waals surface area contributed by atoms with E-state index in [1.807, 2.05) is 10.6 Å². The van der Waals surface area contributed by atoms with Gasteiger partial charge < -0.3 is 41.9 Å². The molecule has 4 amide bonds. The Kier molecular flexibility index (Phi) is 12.9. The Hall–Kier alpha value is -3.42. The van der Waals surface area contributed by atoms with Gasteiger partial charge in [0.2, 0.25) is 11.8 Å². The molecule has 0 saturated heterocycles. The Bertz CT molecular complexity index is 641. The van der Waals surface area contributed by atoms with Gasteiger partial charge in [-0.3, -0.25) is 14.4 Å². The summed E-state index contributed by atoms with van der Waals surface area (Å²) in [5, 5.41) is 38.4. The molecule has 30 heavy (non-hydrogen) atoms. The summed E-state index contributed by atoms with van der Waals surface area (Å²) in [5.41, 5.74) is 0. The van der Waals surface area contributed by atoms with Crippen LogP contribution in [0.5, 0.6) is 0 Å². The lowest BCUT2D eigenvalue weighted by molar-refractivity contribution is -0.141. The largest absolute Gasteiger partial charge is 0.481 e. The van der Waals surface area contributed by atoms with Crippen LogP contribution in [0.4, 0.5) is 4.79 Å². The van der Waals surface area contributed by atoms with E-state index in [0.717, 1.165) is 0 Å². The fraction of sp³-hybridized carbons (Fsp3) is 0.625. The Morgan fingerprint density at radius 2 is 1.27 bits per heavy atom. The summed E-state index contributed by atoms with van der Waals surface area (Å²) >= 11 is 0. The molecular weight excluding hydrogens is 406 g/mol. The molecule has 0 fully saturated rings. The normalized spacial score (nSPS) is 12.2. The number of carbonyl (C=O) groups is 6. The maximum Gasteiger partial charge on any atom is 0.326 e. The molecule has 2 atom stereocenters. The molecule has 14 heteroatoms. The maximum absolute atomic E-state index is 11.8. The van der Waals surface area contributed by atoms with Crippen molar-refractivity contribution in [2.75, 3.05) is 26.7 Å². The minimum Gasteiger partial charge on any atom is -0.481 e. The molecule has 0 saturated carbocycles. The fourth-order valence-electron chi connectivity index (χ4n) is 2.07. The highest BCUT2D eigenvalue weighted by molar-refractivity contribution is 5.87. The third-order valence-corrected chi connectivity index (χ3v) is 3.66. The molecule has 0 aromatic carbocycles. The molecule has 0 aliphatic rings. The zero-order valence-corrected chi connectivity index (χ0v) is 16.4. The zero-order chi connectivity index (χ0) is 23.1.